The molecule has 3 aromatic rings. The van der Waals surface area contributed by atoms with Crippen LogP contribution in [-0.2, 0) is 5.75 Å². The highest BCUT2D eigenvalue weighted by Crippen LogP contribution is 2.25. The van der Waals surface area contributed by atoms with Crippen LogP contribution in [0.15, 0.2) is 34.2 Å². The van der Waals surface area contributed by atoms with E-state index in [0.29, 0.717) is 27.1 Å². The lowest BCUT2D eigenvalue weighted by molar-refractivity contribution is 1.07. The summed E-state index contributed by atoms with van der Waals surface area (Å²) in [5.41, 5.74) is 6.78. The molecule has 0 aliphatic rings. The number of aromatic amines is 2. The van der Waals surface area contributed by atoms with Gasteiger partial charge in [-0.3, -0.25) is 9.78 Å². The van der Waals surface area contributed by atoms with Crippen molar-refractivity contribution in [2.75, 3.05) is 5.73 Å². The van der Waals surface area contributed by atoms with E-state index in [0.717, 1.165) is 5.56 Å². The Morgan fingerprint density at radius 3 is 2.85 bits per heavy atom. The smallest absolute Gasteiger partial charge is 0.278 e. The molecule has 0 bridgehead atoms. The zero-order valence-corrected chi connectivity index (χ0v) is 11.8. The van der Waals surface area contributed by atoms with E-state index >= 15 is 0 Å². The monoisotopic (exact) mass is 307 g/mol. The molecule has 0 saturated heterocycles. The molecule has 20 heavy (non-hydrogen) atoms. The molecule has 102 valence electrons. The van der Waals surface area contributed by atoms with Gasteiger partial charge in [-0.25, -0.2) is 4.98 Å². The molecule has 0 radical (unpaired) electrons. The van der Waals surface area contributed by atoms with Gasteiger partial charge in [-0.05, 0) is 11.6 Å². The second-order valence-electron chi connectivity index (χ2n) is 4.07. The highest BCUT2D eigenvalue weighted by molar-refractivity contribution is 7.98. The van der Waals surface area contributed by atoms with E-state index in [9.17, 15) is 4.79 Å². The molecule has 0 amide bonds. The number of imidazole rings is 1. The van der Waals surface area contributed by atoms with Gasteiger partial charge >= 0.3 is 0 Å². The Bertz CT molecular complexity index is 828. The number of nitrogen functional groups attached to an aromatic ring is 1. The Hall–Kier alpha value is -1.99. The molecular formula is C12H10ClN5OS. The van der Waals surface area contributed by atoms with Gasteiger partial charge in [0, 0.05) is 10.8 Å². The molecule has 2 aromatic heterocycles. The summed E-state index contributed by atoms with van der Waals surface area (Å²) in [4.78, 5) is 25.2. The molecule has 0 atom stereocenters. The van der Waals surface area contributed by atoms with Crippen LogP contribution in [0.5, 0.6) is 0 Å². The Labute approximate surface area is 122 Å². The predicted molar refractivity (Wildman–Crippen MR) is 79.9 cm³/mol. The van der Waals surface area contributed by atoms with Crippen molar-refractivity contribution in [2.45, 2.75) is 10.9 Å². The fourth-order valence-corrected chi connectivity index (χ4v) is 2.88. The third kappa shape index (κ3) is 2.50. The minimum atomic E-state index is -0.329. The average Bonchev–Trinajstić information content (AvgIpc) is 2.81. The van der Waals surface area contributed by atoms with E-state index in [2.05, 4.69) is 19.9 Å². The molecule has 6 nitrogen and oxygen atoms in total. The molecule has 0 aliphatic heterocycles. The van der Waals surface area contributed by atoms with Gasteiger partial charge in [-0.1, -0.05) is 41.6 Å². The van der Waals surface area contributed by atoms with Crippen molar-refractivity contribution in [1.82, 2.24) is 19.9 Å². The normalized spacial score (nSPS) is 11.1. The van der Waals surface area contributed by atoms with Crippen LogP contribution in [0.1, 0.15) is 5.56 Å². The van der Waals surface area contributed by atoms with Gasteiger partial charge in [0.1, 0.15) is 0 Å². The highest BCUT2D eigenvalue weighted by Gasteiger charge is 2.09. The number of nitrogens with two attached hydrogens (primary N) is 1. The lowest BCUT2D eigenvalue weighted by atomic mass is 10.2. The second kappa shape index (κ2) is 5.18. The maximum absolute atomic E-state index is 11.7. The third-order valence-electron chi connectivity index (χ3n) is 2.68. The topological polar surface area (TPSA) is 100 Å². The number of halogens is 1. The SMILES string of the molecule is Nc1nc2nc(SCc3ccccc3Cl)[nH]c2c(=O)[nH]1. The summed E-state index contributed by atoms with van der Waals surface area (Å²) in [5.74, 6) is 0.698. The van der Waals surface area contributed by atoms with Crippen LogP contribution < -0.4 is 11.3 Å². The lowest BCUT2D eigenvalue weighted by Gasteiger charge is -2.01. The highest BCUT2D eigenvalue weighted by atomic mass is 35.5. The fourth-order valence-electron chi connectivity index (χ4n) is 1.73. The Morgan fingerprint density at radius 2 is 2.05 bits per heavy atom. The van der Waals surface area contributed by atoms with Gasteiger partial charge in [0.05, 0.1) is 0 Å². The fraction of sp³-hybridized carbons (Fsp3) is 0.0833. The number of benzene rings is 1. The van der Waals surface area contributed by atoms with Crippen LogP contribution in [0.2, 0.25) is 5.02 Å². The molecular weight excluding hydrogens is 298 g/mol. The van der Waals surface area contributed by atoms with Crippen LogP contribution >= 0.6 is 23.4 Å². The van der Waals surface area contributed by atoms with Crippen LogP contribution in [0.4, 0.5) is 5.95 Å². The summed E-state index contributed by atoms with van der Waals surface area (Å²) in [6.45, 7) is 0. The summed E-state index contributed by atoms with van der Waals surface area (Å²) in [6, 6.07) is 7.58. The minimum absolute atomic E-state index is 0.0525. The molecule has 0 unspecified atom stereocenters. The first-order valence-corrected chi connectivity index (χ1v) is 7.11. The largest absolute Gasteiger partial charge is 0.369 e. The van der Waals surface area contributed by atoms with Crippen LogP contribution in [0.3, 0.4) is 0 Å². The van der Waals surface area contributed by atoms with E-state index in [4.69, 9.17) is 17.3 Å². The van der Waals surface area contributed by atoms with Gasteiger partial charge in [0.2, 0.25) is 5.95 Å². The maximum Gasteiger partial charge on any atom is 0.278 e. The lowest BCUT2D eigenvalue weighted by Crippen LogP contribution is -2.10. The van der Waals surface area contributed by atoms with E-state index in [1.54, 1.807) is 0 Å². The molecule has 2 heterocycles. The van der Waals surface area contributed by atoms with E-state index in [1.165, 1.54) is 11.8 Å². The van der Waals surface area contributed by atoms with Gasteiger partial charge in [0.25, 0.3) is 5.56 Å². The van der Waals surface area contributed by atoms with Crippen LogP contribution in [0, 0.1) is 0 Å². The molecule has 3 rings (SSSR count). The molecule has 0 fully saturated rings. The average molecular weight is 308 g/mol. The molecule has 1 aromatic carbocycles. The van der Waals surface area contributed by atoms with Crippen LogP contribution in [-0.4, -0.2) is 19.9 Å². The second-order valence-corrected chi connectivity index (χ2v) is 5.44. The predicted octanol–water partition coefficient (Wildman–Crippen LogP) is 2.17. The number of nitrogens with one attached hydrogen (secondary N) is 2. The van der Waals surface area contributed by atoms with Crippen LogP contribution in [0.25, 0.3) is 11.2 Å². The summed E-state index contributed by atoms with van der Waals surface area (Å²) in [5, 5.41) is 1.31. The van der Waals surface area contributed by atoms with Gasteiger partial charge in [-0.15, -0.1) is 0 Å². The van der Waals surface area contributed by atoms with Crippen molar-refractivity contribution in [3.8, 4) is 0 Å². The number of fused-ring (bicyclic) bond motifs is 1. The van der Waals surface area contributed by atoms with E-state index < -0.39 is 0 Å². The first-order valence-electron chi connectivity index (χ1n) is 5.75. The van der Waals surface area contributed by atoms with E-state index in [-0.39, 0.29) is 11.5 Å². The molecule has 8 heteroatoms. The number of hydrogen-bond acceptors (Lipinski definition) is 5. The number of thioether (sulfide) groups is 1. The number of nitrogens with zero attached hydrogens (tertiary/aromatic N) is 2. The number of H-pyrrole nitrogens is 2. The van der Waals surface area contributed by atoms with Crippen molar-refractivity contribution < 1.29 is 0 Å². The zero-order valence-electron chi connectivity index (χ0n) is 10.2. The maximum atomic E-state index is 11.7. The number of aromatic nitrogens is 4. The summed E-state index contributed by atoms with van der Waals surface area (Å²) in [6.07, 6.45) is 0. The number of anilines is 1. The van der Waals surface area contributed by atoms with Gasteiger partial charge in [-0.2, -0.15) is 4.98 Å². The first-order chi connectivity index (χ1) is 9.63. The zero-order chi connectivity index (χ0) is 14.1. The first kappa shape index (κ1) is 13.0. The third-order valence-corrected chi connectivity index (χ3v) is 3.97. The van der Waals surface area contributed by atoms with Crippen molar-refractivity contribution in [3.63, 3.8) is 0 Å². The van der Waals surface area contributed by atoms with Crippen molar-refractivity contribution in [3.05, 3.63) is 45.2 Å². The summed E-state index contributed by atoms with van der Waals surface area (Å²) >= 11 is 7.53. The number of hydrogen-bond donors (Lipinski definition) is 3. The Kier molecular flexibility index (Phi) is 3.37. The Morgan fingerprint density at radius 1 is 1.25 bits per heavy atom. The molecule has 0 spiro atoms. The van der Waals surface area contributed by atoms with Gasteiger partial charge in [0.15, 0.2) is 16.3 Å². The Balaban J connectivity index is 1.87. The van der Waals surface area contributed by atoms with Crippen molar-refractivity contribution in [2.24, 2.45) is 0 Å². The quantitative estimate of drug-likeness (QED) is 0.644. The van der Waals surface area contributed by atoms with E-state index in [1.807, 2.05) is 24.3 Å². The molecule has 0 saturated carbocycles. The van der Waals surface area contributed by atoms with Crippen molar-refractivity contribution in [1.29, 1.82) is 0 Å². The van der Waals surface area contributed by atoms with Gasteiger partial charge < -0.3 is 10.7 Å². The standard InChI is InChI=1S/C12H10ClN5OS/c13-7-4-2-1-3-6(7)5-20-12-15-8-9(17-12)16-11(14)18-10(8)19/h1-4H,5H2,(H4,14,15,16,17,18,19). The molecule has 4 N–H and O–H groups in total. The summed E-state index contributed by atoms with van der Waals surface area (Å²) in [7, 11) is 0. The minimum Gasteiger partial charge on any atom is -0.369 e. The van der Waals surface area contributed by atoms with Crippen molar-refractivity contribution >= 4 is 40.5 Å². The summed E-state index contributed by atoms with van der Waals surface area (Å²) < 4.78 is 0. The molecule has 0 aliphatic carbocycles. The number of rotatable bonds is 3.